The van der Waals surface area contributed by atoms with Crippen LogP contribution in [0, 0.1) is 5.82 Å². The molecule has 1 aromatic carbocycles. The van der Waals surface area contributed by atoms with Gasteiger partial charge in [0, 0.05) is 26.8 Å². The fraction of sp³-hybridized carbons (Fsp3) is 0.333. The number of rotatable bonds is 5. The molecule has 6 nitrogen and oxygen atoms in total. The summed E-state index contributed by atoms with van der Waals surface area (Å²) in [6.45, 7) is 1.07. The van der Waals surface area contributed by atoms with Crippen molar-refractivity contribution in [1.29, 1.82) is 0 Å². The summed E-state index contributed by atoms with van der Waals surface area (Å²) in [5, 5.41) is 10.4. The number of hydrogen-bond donors (Lipinski definition) is 2. The predicted molar refractivity (Wildman–Crippen MR) is 83.2 cm³/mol. The Labute approximate surface area is 129 Å². The second-order valence-electron chi connectivity index (χ2n) is 4.69. The molecule has 7 heteroatoms. The third-order valence-corrected chi connectivity index (χ3v) is 3.26. The number of nitrogens with zero attached hydrogens (tertiary/aromatic N) is 3. The van der Waals surface area contributed by atoms with Crippen molar-refractivity contribution in [2.24, 2.45) is 12.0 Å². The highest BCUT2D eigenvalue weighted by atomic mass is 19.1. The highest BCUT2D eigenvalue weighted by Crippen LogP contribution is 2.17. The van der Waals surface area contributed by atoms with E-state index in [0.717, 1.165) is 11.3 Å². The van der Waals surface area contributed by atoms with Gasteiger partial charge >= 0.3 is 0 Å². The van der Waals surface area contributed by atoms with E-state index in [4.69, 9.17) is 4.74 Å². The van der Waals surface area contributed by atoms with E-state index in [2.05, 4.69) is 20.7 Å². The Kier molecular flexibility index (Phi) is 5.35. The van der Waals surface area contributed by atoms with Gasteiger partial charge in [-0.2, -0.15) is 5.10 Å². The highest BCUT2D eigenvalue weighted by Gasteiger charge is 2.05. The molecule has 0 aliphatic heterocycles. The Morgan fingerprint density at radius 1 is 1.32 bits per heavy atom. The summed E-state index contributed by atoms with van der Waals surface area (Å²) in [6.07, 6.45) is 1.74. The normalized spacial score (nSPS) is 11.4. The number of halogens is 1. The van der Waals surface area contributed by atoms with Gasteiger partial charge in [-0.1, -0.05) is 6.07 Å². The first-order chi connectivity index (χ1) is 10.6. The van der Waals surface area contributed by atoms with E-state index in [9.17, 15) is 4.39 Å². The molecule has 0 bridgehead atoms. The van der Waals surface area contributed by atoms with E-state index in [1.807, 2.05) is 19.2 Å². The maximum absolute atomic E-state index is 13.6. The molecule has 22 heavy (non-hydrogen) atoms. The van der Waals surface area contributed by atoms with E-state index in [1.165, 1.54) is 13.2 Å². The number of aromatic nitrogens is 2. The number of aliphatic imine (C=N–C) groups is 1. The summed E-state index contributed by atoms with van der Waals surface area (Å²) in [6, 6.07) is 6.79. The molecule has 0 saturated carbocycles. The summed E-state index contributed by atoms with van der Waals surface area (Å²) in [5.74, 6) is 0.500. The number of ether oxygens (including phenoxy) is 1. The van der Waals surface area contributed by atoms with Crippen molar-refractivity contribution in [2.75, 3.05) is 14.2 Å². The van der Waals surface area contributed by atoms with Gasteiger partial charge in [-0.3, -0.25) is 9.67 Å². The SMILES string of the molecule is CN=C(NCc1ccc(OC)c(F)c1)NCc1ccnn1C. The van der Waals surface area contributed by atoms with Crippen molar-refractivity contribution in [3.8, 4) is 5.75 Å². The topological polar surface area (TPSA) is 63.5 Å². The Morgan fingerprint density at radius 2 is 2.09 bits per heavy atom. The van der Waals surface area contributed by atoms with E-state index in [1.54, 1.807) is 24.0 Å². The lowest BCUT2D eigenvalue weighted by Crippen LogP contribution is -2.36. The third kappa shape index (κ3) is 3.97. The summed E-state index contributed by atoms with van der Waals surface area (Å²) in [4.78, 5) is 4.13. The maximum atomic E-state index is 13.6. The van der Waals surface area contributed by atoms with Crippen LogP contribution in [0.2, 0.25) is 0 Å². The first-order valence-electron chi connectivity index (χ1n) is 6.88. The number of benzene rings is 1. The zero-order valence-electron chi connectivity index (χ0n) is 12.9. The molecular weight excluding hydrogens is 285 g/mol. The molecule has 2 N–H and O–H groups in total. The lowest BCUT2D eigenvalue weighted by Gasteiger charge is -2.12. The molecular formula is C15H20FN5O. The van der Waals surface area contributed by atoms with Gasteiger partial charge in [0.15, 0.2) is 17.5 Å². The van der Waals surface area contributed by atoms with Crippen LogP contribution >= 0.6 is 0 Å². The minimum Gasteiger partial charge on any atom is -0.494 e. The molecule has 0 aliphatic carbocycles. The Bertz CT molecular complexity index is 653. The van der Waals surface area contributed by atoms with Gasteiger partial charge in [0.25, 0.3) is 0 Å². The minimum absolute atomic E-state index is 0.238. The van der Waals surface area contributed by atoms with Crippen LogP contribution in [-0.4, -0.2) is 29.9 Å². The summed E-state index contributed by atoms with van der Waals surface area (Å²) < 4.78 is 20.3. The van der Waals surface area contributed by atoms with Crippen LogP contribution in [0.25, 0.3) is 0 Å². The second-order valence-corrected chi connectivity index (χ2v) is 4.69. The number of guanidine groups is 1. The van der Waals surface area contributed by atoms with Gasteiger partial charge in [0.2, 0.25) is 0 Å². The summed E-state index contributed by atoms with van der Waals surface area (Å²) in [5.41, 5.74) is 1.85. The lowest BCUT2D eigenvalue weighted by atomic mass is 10.2. The lowest BCUT2D eigenvalue weighted by molar-refractivity contribution is 0.386. The average molecular weight is 305 g/mol. The first-order valence-corrected chi connectivity index (χ1v) is 6.88. The van der Waals surface area contributed by atoms with Crippen LogP contribution in [0.3, 0.4) is 0 Å². The zero-order valence-corrected chi connectivity index (χ0v) is 12.9. The minimum atomic E-state index is -0.375. The molecule has 0 fully saturated rings. The van der Waals surface area contributed by atoms with Crippen LogP contribution in [-0.2, 0) is 20.1 Å². The largest absolute Gasteiger partial charge is 0.494 e. The van der Waals surface area contributed by atoms with Crippen molar-refractivity contribution in [3.63, 3.8) is 0 Å². The molecule has 0 unspecified atom stereocenters. The van der Waals surface area contributed by atoms with Crippen molar-refractivity contribution >= 4 is 5.96 Å². The number of hydrogen-bond acceptors (Lipinski definition) is 3. The molecule has 1 heterocycles. The third-order valence-electron chi connectivity index (χ3n) is 3.26. The maximum Gasteiger partial charge on any atom is 0.191 e. The fourth-order valence-electron chi connectivity index (χ4n) is 1.98. The Balaban J connectivity index is 1.88. The summed E-state index contributed by atoms with van der Waals surface area (Å²) >= 11 is 0. The summed E-state index contributed by atoms with van der Waals surface area (Å²) in [7, 11) is 5.01. The molecule has 2 aromatic rings. The zero-order chi connectivity index (χ0) is 15.9. The van der Waals surface area contributed by atoms with Crippen molar-refractivity contribution < 1.29 is 9.13 Å². The predicted octanol–water partition coefficient (Wildman–Crippen LogP) is 1.43. The number of aryl methyl sites for hydroxylation is 1. The molecule has 0 atom stereocenters. The van der Waals surface area contributed by atoms with E-state index < -0.39 is 0 Å². The molecule has 0 aliphatic rings. The first kappa shape index (κ1) is 15.8. The smallest absolute Gasteiger partial charge is 0.191 e. The van der Waals surface area contributed by atoms with E-state index >= 15 is 0 Å². The fourth-order valence-corrected chi connectivity index (χ4v) is 1.98. The van der Waals surface area contributed by atoms with Crippen LogP contribution < -0.4 is 15.4 Å². The molecule has 0 spiro atoms. The van der Waals surface area contributed by atoms with E-state index in [-0.39, 0.29) is 11.6 Å². The van der Waals surface area contributed by atoms with Crippen LogP contribution in [0.4, 0.5) is 4.39 Å². The van der Waals surface area contributed by atoms with Crippen LogP contribution in [0.5, 0.6) is 5.75 Å². The standard InChI is InChI=1S/C15H20FN5O/c1-17-15(19-10-12-6-7-20-21(12)2)18-9-11-4-5-14(22-3)13(16)8-11/h4-8H,9-10H2,1-3H3,(H2,17,18,19). The number of nitrogens with one attached hydrogen (secondary N) is 2. The molecule has 0 radical (unpaired) electrons. The second kappa shape index (κ2) is 7.44. The monoisotopic (exact) mass is 305 g/mol. The van der Waals surface area contributed by atoms with Gasteiger partial charge in [-0.25, -0.2) is 4.39 Å². The van der Waals surface area contributed by atoms with Gasteiger partial charge < -0.3 is 15.4 Å². The van der Waals surface area contributed by atoms with Crippen LogP contribution in [0.1, 0.15) is 11.3 Å². The van der Waals surface area contributed by atoms with Gasteiger partial charge in [0.05, 0.1) is 19.3 Å². The van der Waals surface area contributed by atoms with Crippen molar-refractivity contribution in [3.05, 3.63) is 47.5 Å². The van der Waals surface area contributed by atoms with Gasteiger partial charge in [0.1, 0.15) is 0 Å². The Hall–Kier alpha value is -2.57. The van der Waals surface area contributed by atoms with Crippen molar-refractivity contribution in [1.82, 2.24) is 20.4 Å². The molecule has 2 rings (SSSR count). The molecule has 118 valence electrons. The van der Waals surface area contributed by atoms with E-state index in [0.29, 0.717) is 19.0 Å². The Morgan fingerprint density at radius 3 is 2.68 bits per heavy atom. The van der Waals surface area contributed by atoms with Crippen LogP contribution in [0.15, 0.2) is 35.5 Å². The highest BCUT2D eigenvalue weighted by molar-refractivity contribution is 5.79. The molecule has 1 aromatic heterocycles. The van der Waals surface area contributed by atoms with Gasteiger partial charge in [-0.05, 0) is 23.8 Å². The average Bonchev–Trinajstić information content (AvgIpc) is 2.93. The molecule has 0 amide bonds. The van der Waals surface area contributed by atoms with Gasteiger partial charge in [-0.15, -0.1) is 0 Å². The molecule has 0 saturated heterocycles. The number of methoxy groups -OCH3 is 1. The van der Waals surface area contributed by atoms with Crippen molar-refractivity contribution in [2.45, 2.75) is 13.1 Å². The quantitative estimate of drug-likeness (QED) is 0.648.